The summed E-state index contributed by atoms with van der Waals surface area (Å²) in [5.74, 6) is 1.15. The van der Waals surface area contributed by atoms with Crippen molar-refractivity contribution in [2.45, 2.75) is 39.8 Å². The largest absolute Gasteiger partial charge is 0.336 e. The summed E-state index contributed by atoms with van der Waals surface area (Å²) < 4.78 is 1.72. The summed E-state index contributed by atoms with van der Waals surface area (Å²) in [5, 5.41) is 4.53. The van der Waals surface area contributed by atoms with E-state index in [9.17, 15) is 9.59 Å². The number of nitrogens with zero attached hydrogens (tertiary/aromatic N) is 6. The van der Waals surface area contributed by atoms with Crippen molar-refractivity contribution < 1.29 is 9.59 Å². The molecule has 0 saturated heterocycles. The number of carbonyl (C=O) groups excluding carboxylic acids is 2. The van der Waals surface area contributed by atoms with Crippen molar-refractivity contribution >= 4 is 23.6 Å². The number of urea groups is 1. The second-order valence-corrected chi connectivity index (χ2v) is 7.84. The van der Waals surface area contributed by atoms with Gasteiger partial charge in [0.15, 0.2) is 5.82 Å². The zero-order valence-corrected chi connectivity index (χ0v) is 17.2. The molecular formula is C21H26N6O2. The topological polar surface area (TPSA) is 74.0 Å². The lowest BCUT2D eigenvalue weighted by Gasteiger charge is -2.37. The maximum absolute atomic E-state index is 13.3. The highest BCUT2D eigenvalue weighted by Gasteiger charge is 2.41. The van der Waals surface area contributed by atoms with E-state index in [0.29, 0.717) is 24.7 Å². The van der Waals surface area contributed by atoms with Crippen LogP contribution in [0, 0.1) is 0 Å². The highest BCUT2D eigenvalue weighted by Crippen LogP contribution is 2.33. The molecule has 4 rings (SSSR count). The van der Waals surface area contributed by atoms with E-state index in [1.54, 1.807) is 20.7 Å². The lowest BCUT2D eigenvalue weighted by atomic mass is 10.2. The number of aromatic nitrogens is 2. The van der Waals surface area contributed by atoms with Gasteiger partial charge in [0.2, 0.25) is 5.91 Å². The molecule has 8 heteroatoms. The minimum atomic E-state index is -0.229. The number of amides is 3. The van der Waals surface area contributed by atoms with Crippen molar-refractivity contribution in [1.29, 1.82) is 0 Å². The first-order chi connectivity index (χ1) is 13.9. The first-order valence-corrected chi connectivity index (χ1v) is 9.98. The van der Waals surface area contributed by atoms with Gasteiger partial charge in [-0.2, -0.15) is 5.10 Å². The Kier molecular flexibility index (Phi) is 4.86. The number of rotatable bonds is 5. The van der Waals surface area contributed by atoms with Gasteiger partial charge in [0, 0.05) is 18.6 Å². The number of anilines is 1. The predicted molar refractivity (Wildman–Crippen MR) is 112 cm³/mol. The third kappa shape index (κ3) is 3.18. The molecular weight excluding hydrogens is 368 g/mol. The number of hydrogen-bond acceptors (Lipinski definition) is 4. The molecule has 0 fully saturated rings. The van der Waals surface area contributed by atoms with Crippen LogP contribution in [0.2, 0.25) is 0 Å². The van der Waals surface area contributed by atoms with Gasteiger partial charge < -0.3 is 4.90 Å². The molecule has 1 aromatic carbocycles. The summed E-state index contributed by atoms with van der Waals surface area (Å²) in [5.41, 5.74) is 1.61. The van der Waals surface area contributed by atoms with Crippen molar-refractivity contribution in [1.82, 2.24) is 19.6 Å². The van der Waals surface area contributed by atoms with Crippen LogP contribution in [0.15, 0.2) is 41.5 Å². The fourth-order valence-electron chi connectivity index (χ4n) is 4.15. The van der Waals surface area contributed by atoms with Crippen molar-refractivity contribution in [3.63, 3.8) is 0 Å². The van der Waals surface area contributed by atoms with E-state index in [0.717, 1.165) is 11.3 Å². The zero-order valence-electron chi connectivity index (χ0n) is 17.2. The average Bonchev–Trinajstić information content (AvgIpc) is 3.32. The summed E-state index contributed by atoms with van der Waals surface area (Å²) in [4.78, 5) is 36.0. The van der Waals surface area contributed by atoms with E-state index in [2.05, 4.69) is 10.1 Å². The van der Waals surface area contributed by atoms with Gasteiger partial charge in [0.1, 0.15) is 12.4 Å². The minimum Gasteiger partial charge on any atom is -0.336 e. The summed E-state index contributed by atoms with van der Waals surface area (Å²) >= 11 is 0. The van der Waals surface area contributed by atoms with Crippen molar-refractivity contribution in [2.75, 3.05) is 24.5 Å². The molecule has 0 bridgehead atoms. The average molecular weight is 394 g/mol. The van der Waals surface area contributed by atoms with Gasteiger partial charge in [-0.25, -0.2) is 9.48 Å². The number of aliphatic imine (C=N–C) groups is 1. The lowest BCUT2D eigenvalue weighted by molar-refractivity contribution is -0.133. The number of para-hydroxylation sites is 1. The quantitative estimate of drug-likeness (QED) is 0.782. The fraction of sp³-hybridized carbons (Fsp3) is 0.429. The highest BCUT2D eigenvalue weighted by atomic mass is 16.2. The molecule has 0 aliphatic carbocycles. The van der Waals surface area contributed by atoms with Crippen LogP contribution in [-0.2, 0) is 4.79 Å². The van der Waals surface area contributed by atoms with E-state index in [1.165, 1.54) is 0 Å². The first-order valence-electron chi connectivity index (χ1n) is 9.98. The molecule has 2 aliphatic rings. The lowest BCUT2D eigenvalue weighted by Crippen LogP contribution is -2.55. The van der Waals surface area contributed by atoms with Gasteiger partial charge in [-0.1, -0.05) is 18.2 Å². The van der Waals surface area contributed by atoms with Crippen LogP contribution >= 0.6 is 0 Å². The third-order valence-electron chi connectivity index (χ3n) is 5.24. The van der Waals surface area contributed by atoms with Crippen LogP contribution in [0.25, 0.3) is 5.69 Å². The van der Waals surface area contributed by atoms with E-state index < -0.39 is 0 Å². The first kappa shape index (κ1) is 19.2. The molecule has 0 radical (unpaired) electrons. The van der Waals surface area contributed by atoms with Crippen molar-refractivity contribution in [3.05, 3.63) is 42.1 Å². The molecule has 29 heavy (non-hydrogen) atoms. The molecule has 3 heterocycles. The van der Waals surface area contributed by atoms with Gasteiger partial charge >= 0.3 is 6.03 Å². The van der Waals surface area contributed by atoms with Crippen LogP contribution in [0.4, 0.5) is 10.6 Å². The summed E-state index contributed by atoms with van der Waals surface area (Å²) in [6.45, 7) is 8.99. The molecule has 8 nitrogen and oxygen atoms in total. The van der Waals surface area contributed by atoms with E-state index in [4.69, 9.17) is 0 Å². The minimum absolute atomic E-state index is 0.0372. The molecule has 152 valence electrons. The maximum atomic E-state index is 13.3. The van der Waals surface area contributed by atoms with Gasteiger partial charge in [-0.15, -0.1) is 0 Å². The van der Waals surface area contributed by atoms with Gasteiger partial charge in [0.25, 0.3) is 0 Å². The summed E-state index contributed by atoms with van der Waals surface area (Å²) in [6.07, 6.45) is 1.73. The number of fused-ring (bicyclic) bond motifs is 3. The van der Waals surface area contributed by atoms with Crippen molar-refractivity contribution in [2.24, 2.45) is 4.99 Å². The number of carbonyl (C=O) groups is 2. The van der Waals surface area contributed by atoms with Gasteiger partial charge in [0.05, 0.1) is 24.0 Å². The second-order valence-electron chi connectivity index (χ2n) is 7.84. The summed E-state index contributed by atoms with van der Waals surface area (Å²) in [6, 6.07) is 9.48. The second kappa shape index (κ2) is 7.35. The van der Waals surface area contributed by atoms with Crippen LogP contribution in [0.1, 0.15) is 33.3 Å². The fourth-order valence-corrected chi connectivity index (χ4v) is 4.15. The molecule has 3 amide bonds. The molecule has 1 aromatic heterocycles. The Hall–Kier alpha value is -3.16. The Morgan fingerprint density at radius 1 is 1.14 bits per heavy atom. The molecule has 0 unspecified atom stereocenters. The van der Waals surface area contributed by atoms with Gasteiger partial charge in [-0.3, -0.25) is 19.6 Å². The maximum Gasteiger partial charge on any atom is 0.331 e. The number of amidine groups is 1. The van der Waals surface area contributed by atoms with Gasteiger partial charge in [-0.05, 0) is 39.8 Å². The standard InChI is InChI=1S/C21H26N6O2/c1-14(2)26(15(3)4)18(28)13-25-20-17(19-22-10-11-24(19)21(25)29)12-23-27(20)16-8-6-5-7-9-16/h5-9,12,14-15H,10-11,13H2,1-4H3. The SMILES string of the molecule is CC(C)N(C(=O)CN1C(=O)N2CCN=C2c2cnn(-c3ccccc3)c21)C(C)C. The monoisotopic (exact) mass is 394 g/mol. The Labute approximate surface area is 170 Å². The van der Waals surface area contributed by atoms with Crippen molar-refractivity contribution in [3.8, 4) is 5.69 Å². The zero-order chi connectivity index (χ0) is 20.7. The van der Waals surface area contributed by atoms with Crippen LogP contribution in [0.3, 0.4) is 0 Å². The normalized spacial score (nSPS) is 15.7. The van der Waals surface area contributed by atoms with Crippen LogP contribution in [-0.4, -0.2) is 69.1 Å². The van der Waals surface area contributed by atoms with Crippen LogP contribution in [0.5, 0.6) is 0 Å². The molecule has 0 spiro atoms. The third-order valence-corrected chi connectivity index (χ3v) is 5.24. The number of hydrogen-bond donors (Lipinski definition) is 0. The Bertz CT molecular complexity index is 955. The molecule has 2 aliphatic heterocycles. The molecule has 0 N–H and O–H groups in total. The van der Waals surface area contributed by atoms with E-state index in [1.807, 2.05) is 62.9 Å². The Balaban J connectivity index is 1.78. The Morgan fingerprint density at radius 3 is 2.48 bits per heavy atom. The van der Waals surface area contributed by atoms with Crippen LogP contribution < -0.4 is 4.90 Å². The van der Waals surface area contributed by atoms with E-state index in [-0.39, 0.29) is 30.6 Å². The summed E-state index contributed by atoms with van der Waals surface area (Å²) in [7, 11) is 0. The number of benzene rings is 1. The highest BCUT2D eigenvalue weighted by molar-refractivity contribution is 6.20. The molecule has 0 saturated carbocycles. The molecule has 2 aromatic rings. The smallest absolute Gasteiger partial charge is 0.331 e. The Morgan fingerprint density at radius 2 is 1.83 bits per heavy atom. The predicted octanol–water partition coefficient (Wildman–Crippen LogP) is 2.52. The van der Waals surface area contributed by atoms with E-state index >= 15 is 0 Å². The molecule has 0 atom stereocenters.